The lowest BCUT2D eigenvalue weighted by Crippen LogP contribution is -2.22. The van der Waals surface area contributed by atoms with Gasteiger partial charge in [-0.25, -0.2) is 0 Å². The number of hydrogen-bond donors (Lipinski definition) is 1. The second-order valence-electron chi connectivity index (χ2n) is 4.10. The molecule has 0 aliphatic rings. The minimum Gasteiger partial charge on any atom is -0.306 e. The van der Waals surface area contributed by atoms with Crippen LogP contribution in [-0.4, -0.2) is 16.3 Å². The molecule has 2 rings (SSSR count). The largest absolute Gasteiger partial charge is 0.306 e. The zero-order valence-corrected chi connectivity index (χ0v) is 14.1. The highest BCUT2D eigenvalue weighted by molar-refractivity contribution is 14.1. The minimum absolute atomic E-state index is 0.188. The summed E-state index contributed by atoms with van der Waals surface area (Å²) < 4.78 is 4.19. The molecule has 0 aliphatic carbocycles. The van der Waals surface area contributed by atoms with Gasteiger partial charge in [-0.3, -0.25) is 4.68 Å². The highest BCUT2D eigenvalue weighted by atomic mass is 127. The van der Waals surface area contributed by atoms with Crippen LogP contribution in [0, 0.1) is 3.57 Å². The zero-order valence-electron chi connectivity index (χ0n) is 10.3. The minimum atomic E-state index is 0.188. The van der Waals surface area contributed by atoms with E-state index in [4.69, 9.17) is 0 Å². The molecule has 0 spiro atoms. The molecule has 0 fully saturated rings. The van der Waals surface area contributed by atoms with Crippen molar-refractivity contribution in [3.05, 3.63) is 49.8 Å². The van der Waals surface area contributed by atoms with Crippen LogP contribution in [0.5, 0.6) is 0 Å². The third-order valence-corrected chi connectivity index (χ3v) is 4.21. The average Bonchev–Trinajstić information content (AvgIpc) is 2.76. The molecule has 18 heavy (non-hydrogen) atoms. The van der Waals surface area contributed by atoms with Gasteiger partial charge in [0, 0.05) is 26.9 Å². The molecule has 1 aromatic heterocycles. The Balaban J connectivity index is 2.44. The lowest BCUT2D eigenvalue weighted by atomic mass is 10.0. The van der Waals surface area contributed by atoms with Gasteiger partial charge in [0.15, 0.2) is 0 Å². The molecule has 1 atom stereocenters. The van der Waals surface area contributed by atoms with Gasteiger partial charge in [0.1, 0.15) is 0 Å². The van der Waals surface area contributed by atoms with Gasteiger partial charge in [-0.15, -0.1) is 0 Å². The molecular formula is C13H15BrIN3. The number of nitrogens with zero attached hydrogens (tertiary/aromatic N) is 2. The summed E-state index contributed by atoms with van der Waals surface area (Å²) >= 11 is 5.92. The SMILES string of the molecule is CCNC(c1cnn(C)c1)c1cc(Br)ccc1I. The van der Waals surface area contributed by atoms with Gasteiger partial charge in [0.25, 0.3) is 0 Å². The van der Waals surface area contributed by atoms with E-state index in [1.165, 1.54) is 14.7 Å². The molecule has 5 heteroatoms. The maximum absolute atomic E-state index is 4.26. The quantitative estimate of drug-likeness (QED) is 0.768. The van der Waals surface area contributed by atoms with Crippen molar-refractivity contribution in [2.45, 2.75) is 13.0 Å². The fraction of sp³-hybridized carbons (Fsp3) is 0.308. The summed E-state index contributed by atoms with van der Waals surface area (Å²) in [6.45, 7) is 3.04. The predicted octanol–water partition coefficient (Wildman–Crippen LogP) is 3.49. The van der Waals surface area contributed by atoms with E-state index in [-0.39, 0.29) is 6.04 Å². The summed E-state index contributed by atoms with van der Waals surface area (Å²) in [5, 5.41) is 7.78. The lowest BCUT2D eigenvalue weighted by molar-refractivity contribution is 0.627. The lowest BCUT2D eigenvalue weighted by Gasteiger charge is -2.18. The predicted molar refractivity (Wildman–Crippen MR) is 85.6 cm³/mol. The van der Waals surface area contributed by atoms with E-state index in [1.54, 1.807) is 0 Å². The van der Waals surface area contributed by atoms with E-state index in [0.717, 1.165) is 11.0 Å². The third kappa shape index (κ3) is 3.13. The smallest absolute Gasteiger partial charge is 0.0618 e. The van der Waals surface area contributed by atoms with Crippen LogP contribution in [0.25, 0.3) is 0 Å². The number of aryl methyl sites for hydroxylation is 1. The highest BCUT2D eigenvalue weighted by Gasteiger charge is 2.17. The van der Waals surface area contributed by atoms with Crippen molar-refractivity contribution < 1.29 is 0 Å². The first-order valence-corrected chi connectivity index (χ1v) is 7.66. The molecule has 1 heterocycles. The molecule has 0 aliphatic heterocycles. The van der Waals surface area contributed by atoms with E-state index < -0.39 is 0 Å². The Morgan fingerprint density at radius 2 is 2.28 bits per heavy atom. The van der Waals surface area contributed by atoms with Crippen LogP contribution in [0.2, 0.25) is 0 Å². The van der Waals surface area contributed by atoms with Crippen molar-refractivity contribution >= 4 is 38.5 Å². The average molecular weight is 420 g/mol. The Morgan fingerprint density at radius 3 is 2.89 bits per heavy atom. The van der Waals surface area contributed by atoms with E-state index in [2.05, 4.69) is 80.3 Å². The summed E-state index contributed by atoms with van der Waals surface area (Å²) in [7, 11) is 1.94. The first-order chi connectivity index (χ1) is 8.61. The van der Waals surface area contributed by atoms with Crippen molar-refractivity contribution in [1.82, 2.24) is 15.1 Å². The van der Waals surface area contributed by atoms with E-state index in [1.807, 2.05) is 17.9 Å². The van der Waals surface area contributed by atoms with Crippen LogP contribution in [0.3, 0.4) is 0 Å². The van der Waals surface area contributed by atoms with Gasteiger partial charge in [-0.1, -0.05) is 22.9 Å². The molecule has 0 saturated heterocycles. The van der Waals surface area contributed by atoms with Crippen LogP contribution in [0.15, 0.2) is 35.1 Å². The van der Waals surface area contributed by atoms with Gasteiger partial charge >= 0.3 is 0 Å². The Kier molecular flexibility index (Phi) is 4.80. The first kappa shape index (κ1) is 14.0. The number of hydrogen-bond acceptors (Lipinski definition) is 2. The van der Waals surface area contributed by atoms with E-state index >= 15 is 0 Å². The molecule has 96 valence electrons. The fourth-order valence-electron chi connectivity index (χ4n) is 1.94. The standard InChI is InChI=1S/C13H15BrIN3/c1-3-16-13(9-7-17-18(2)8-9)11-6-10(14)4-5-12(11)15/h4-8,13,16H,3H2,1-2H3. The maximum atomic E-state index is 4.26. The molecule has 1 N–H and O–H groups in total. The highest BCUT2D eigenvalue weighted by Crippen LogP contribution is 2.28. The fourth-order valence-corrected chi connectivity index (χ4v) is 2.96. The summed E-state index contributed by atoms with van der Waals surface area (Å²) in [5.74, 6) is 0. The Bertz CT molecular complexity index is 539. The molecule has 0 saturated carbocycles. The molecule has 0 amide bonds. The van der Waals surface area contributed by atoms with Gasteiger partial charge < -0.3 is 5.32 Å². The first-order valence-electron chi connectivity index (χ1n) is 5.78. The summed E-state index contributed by atoms with van der Waals surface area (Å²) in [4.78, 5) is 0. The summed E-state index contributed by atoms with van der Waals surface area (Å²) in [6, 6.07) is 6.55. The molecule has 1 aromatic carbocycles. The van der Waals surface area contributed by atoms with E-state index in [9.17, 15) is 0 Å². The van der Waals surface area contributed by atoms with Gasteiger partial charge in [-0.2, -0.15) is 5.10 Å². The number of nitrogens with one attached hydrogen (secondary N) is 1. The molecule has 0 radical (unpaired) electrons. The number of halogens is 2. The van der Waals surface area contributed by atoms with Crippen LogP contribution < -0.4 is 5.32 Å². The monoisotopic (exact) mass is 419 g/mol. The normalized spacial score (nSPS) is 12.7. The zero-order chi connectivity index (χ0) is 13.1. The molecule has 1 unspecified atom stereocenters. The summed E-state index contributed by atoms with van der Waals surface area (Å²) in [6.07, 6.45) is 3.98. The van der Waals surface area contributed by atoms with Crippen LogP contribution in [-0.2, 0) is 7.05 Å². The molecule has 0 bridgehead atoms. The Hall–Kier alpha value is -0.400. The van der Waals surface area contributed by atoms with Gasteiger partial charge in [-0.05, 0) is 52.9 Å². The Morgan fingerprint density at radius 1 is 1.50 bits per heavy atom. The molecule has 2 aromatic rings. The topological polar surface area (TPSA) is 29.9 Å². The van der Waals surface area contributed by atoms with Crippen molar-refractivity contribution in [3.63, 3.8) is 0 Å². The second-order valence-corrected chi connectivity index (χ2v) is 6.18. The summed E-state index contributed by atoms with van der Waals surface area (Å²) in [5.41, 5.74) is 2.47. The number of rotatable bonds is 4. The van der Waals surface area contributed by atoms with Gasteiger partial charge in [0.2, 0.25) is 0 Å². The van der Waals surface area contributed by atoms with Crippen molar-refractivity contribution in [3.8, 4) is 0 Å². The van der Waals surface area contributed by atoms with Crippen molar-refractivity contribution in [1.29, 1.82) is 0 Å². The molecule has 3 nitrogen and oxygen atoms in total. The molecular weight excluding hydrogens is 405 g/mol. The maximum Gasteiger partial charge on any atom is 0.0618 e. The van der Waals surface area contributed by atoms with Gasteiger partial charge in [0.05, 0.1) is 12.2 Å². The number of aromatic nitrogens is 2. The van der Waals surface area contributed by atoms with Crippen LogP contribution in [0.4, 0.5) is 0 Å². The van der Waals surface area contributed by atoms with E-state index in [0.29, 0.717) is 0 Å². The number of benzene rings is 1. The Labute approximate surface area is 129 Å². The van der Waals surface area contributed by atoms with Crippen molar-refractivity contribution in [2.75, 3.05) is 6.54 Å². The third-order valence-electron chi connectivity index (χ3n) is 2.74. The van der Waals surface area contributed by atoms with Crippen LogP contribution >= 0.6 is 38.5 Å². The van der Waals surface area contributed by atoms with Crippen molar-refractivity contribution in [2.24, 2.45) is 7.05 Å². The van der Waals surface area contributed by atoms with Crippen LogP contribution in [0.1, 0.15) is 24.1 Å². The second kappa shape index (κ2) is 6.16.